The van der Waals surface area contributed by atoms with Crippen molar-refractivity contribution in [3.8, 4) is 26.8 Å². The van der Waals surface area contributed by atoms with Crippen molar-refractivity contribution in [3.63, 3.8) is 0 Å². The lowest BCUT2D eigenvalue weighted by Gasteiger charge is -2.56. The molecule has 2 fully saturated rings. The zero-order chi connectivity index (χ0) is 32.0. The predicted octanol–water partition coefficient (Wildman–Crippen LogP) is 1.33. The Morgan fingerprint density at radius 1 is 1.07 bits per heavy atom. The molecule has 8 atom stereocenters. The number of nitrogens with zero attached hydrogens (tertiary/aromatic N) is 2. The Bertz CT molecular complexity index is 1770. The normalized spacial score (nSPS) is 31.5. The average molecular weight is 622 g/mol. The first-order chi connectivity index (χ1) is 20.7. The molecular weight excluding hydrogens is 593 g/mol. The Kier molecular flexibility index (Phi) is 6.92. The number of thiazole rings is 1. The molecule has 1 amide bonds. The van der Waals surface area contributed by atoms with Gasteiger partial charge in [-0.25, -0.2) is 9.37 Å². The third kappa shape index (κ3) is 3.96. The first-order valence-electron chi connectivity index (χ1n) is 13.8. The van der Waals surface area contributed by atoms with Crippen molar-refractivity contribution in [3.05, 3.63) is 59.5 Å². The summed E-state index contributed by atoms with van der Waals surface area (Å²) in [5.41, 5.74) is 3.26. The first kappa shape index (κ1) is 29.9. The Morgan fingerprint density at radius 2 is 1.73 bits per heavy atom. The lowest BCUT2D eigenvalue weighted by Crippen LogP contribution is -2.77. The fourth-order valence-electron chi connectivity index (χ4n) is 7.31. The van der Waals surface area contributed by atoms with E-state index in [2.05, 4.69) is 4.98 Å². The van der Waals surface area contributed by atoms with E-state index in [1.165, 1.54) is 48.7 Å². The van der Waals surface area contributed by atoms with Gasteiger partial charge in [0.1, 0.15) is 16.6 Å². The molecular formula is C31H28FN3O8S. The van der Waals surface area contributed by atoms with Crippen molar-refractivity contribution in [1.82, 2.24) is 9.88 Å². The summed E-state index contributed by atoms with van der Waals surface area (Å²) in [6.07, 6.45) is -0.168. The van der Waals surface area contributed by atoms with Gasteiger partial charge in [-0.3, -0.25) is 28.9 Å². The molecule has 3 aliphatic rings. The van der Waals surface area contributed by atoms with Crippen molar-refractivity contribution in [2.45, 2.75) is 30.6 Å². The smallest absolute Gasteiger partial charge is 0.235 e. The topological polar surface area (TPSA) is 188 Å². The van der Waals surface area contributed by atoms with Crippen molar-refractivity contribution in [2.24, 2.45) is 29.4 Å². The van der Waals surface area contributed by atoms with Gasteiger partial charge in [-0.15, -0.1) is 11.3 Å². The molecule has 13 heteroatoms. The number of halogens is 1. The number of aromatic hydroxyl groups is 1. The molecule has 0 saturated heterocycles. The van der Waals surface area contributed by atoms with Gasteiger partial charge in [0, 0.05) is 12.1 Å². The number of phenolic OH excluding ortho intramolecular Hbond substituents is 1. The van der Waals surface area contributed by atoms with Crippen LogP contribution in [0.4, 0.5) is 4.39 Å². The summed E-state index contributed by atoms with van der Waals surface area (Å²) in [5, 5.41) is 35.2. The van der Waals surface area contributed by atoms with Gasteiger partial charge in [0.2, 0.25) is 5.91 Å². The van der Waals surface area contributed by atoms with Gasteiger partial charge in [0.25, 0.3) is 0 Å². The highest BCUT2D eigenvalue weighted by molar-refractivity contribution is 7.18. The van der Waals surface area contributed by atoms with Crippen LogP contribution in [0.15, 0.2) is 42.6 Å². The van der Waals surface area contributed by atoms with Crippen molar-refractivity contribution in [1.29, 1.82) is 0 Å². The van der Waals surface area contributed by atoms with Gasteiger partial charge < -0.3 is 21.1 Å². The van der Waals surface area contributed by atoms with Crippen LogP contribution >= 0.6 is 11.3 Å². The monoisotopic (exact) mass is 621 g/mol. The van der Waals surface area contributed by atoms with Crippen molar-refractivity contribution in [2.75, 3.05) is 14.1 Å². The minimum Gasteiger partial charge on any atom is -0.506 e. The van der Waals surface area contributed by atoms with Crippen LogP contribution in [0.3, 0.4) is 0 Å². The summed E-state index contributed by atoms with van der Waals surface area (Å²) in [7, 11) is 2.87. The number of hydrogen-bond acceptors (Lipinski definition) is 11. The van der Waals surface area contributed by atoms with Crippen LogP contribution in [-0.4, -0.2) is 86.1 Å². The SMILES string of the molecule is CC1c2ccc(-c3ncc(-c4ccc(F)cc4)s3)c(O)c2C(=O)C2C(=O)C3(O)C(=O)C(C(N)=O)C(=O)C(N(C)C)C3C(O)C21. The Morgan fingerprint density at radius 3 is 2.34 bits per heavy atom. The van der Waals surface area contributed by atoms with E-state index in [0.29, 0.717) is 21.0 Å². The molecule has 2 saturated carbocycles. The number of aliphatic hydroxyl groups excluding tert-OH is 1. The number of nitrogens with two attached hydrogens (primary N) is 1. The lowest BCUT2D eigenvalue weighted by atomic mass is 9.49. The zero-order valence-corrected chi connectivity index (χ0v) is 24.5. The van der Waals surface area contributed by atoms with E-state index in [4.69, 9.17) is 5.73 Å². The number of carbonyl (C=O) groups is 5. The number of phenols is 1. The van der Waals surface area contributed by atoms with Crippen LogP contribution in [0.5, 0.6) is 5.75 Å². The van der Waals surface area contributed by atoms with Crippen molar-refractivity contribution >= 4 is 40.4 Å². The number of ketones is 4. The number of amides is 1. The Labute approximate surface area is 254 Å². The summed E-state index contributed by atoms with van der Waals surface area (Å²) in [6, 6.07) is 7.47. The van der Waals surface area contributed by atoms with E-state index in [1.54, 1.807) is 31.2 Å². The zero-order valence-electron chi connectivity index (χ0n) is 23.7. The molecule has 228 valence electrons. The highest BCUT2D eigenvalue weighted by atomic mass is 32.1. The Hall–Kier alpha value is -4.17. The van der Waals surface area contributed by atoms with Gasteiger partial charge in [0.15, 0.2) is 34.7 Å². The number of primary amides is 1. The molecule has 2 aromatic carbocycles. The van der Waals surface area contributed by atoms with Crippen LogP contribution in [0.2, 0.25) is 0 Å². The van der Waals surface area contributed by atoms with Gasteiger partial charge in [-0.05, 0) is 49.3 Å². The second kappa shape index (κ2) is 10.2. The predicted molar refractivity (Wildman–Crippen MR) is 154 cm³/mol. The molecule has 3 aromatic rings. The van der Waals surface area contributed by atoms with E-state index in [0.717, 1.165) is 0 Å². The van der Waals surface area contributed by atoms with E-state index in [-0.39, 0.29) is 11.1 Å². The number of aliphatic hydroxyl groups is 2. The highest BCUT2D eigenvalue weighted by Gasteiger charge is 2.72. The molecule has 8 unspecified atom stereocenters. The maximum absolute atomic E-state index is 14.1. The van der Waals surface area contributed by atoms with Crippen LogP contribution in [-0.2, 0) is 19.2 Å². The van der Waals surface area contributed by atoms with Crippen LogP contribution < -0.4 is 5.73 Å². The van der Waals surface area contributed by atoms with E-state index in [9.17, 15) is 43.7 Å². The number of hydrogen-bond donors (Lipinski definition) is 4. The molecule has 0 radical (unpaired) electrons. The second-order valence-electron chi connectivity index (χ2n) is 11.8. The number of likely N-dealkylation sites (N-methyl/N-ethyl adjacent to an activating group) is 1. The molecule has 0 aliphatic heterocycles. The van der Waals surface area contributed by atoms with E-state index < -0.39 is 87.9 Å². The van der Waals surface area contributed by atoms with Gasteiger partial charge in [-0.2, -0.15) is 0 Å². The molecule has 5 N–H and O–H groups in total. The molecule has 1 heterocycles. The van der Waals surface area contributed by atoms with Gasteiger partial charge in [0.05, 0.1) is 40.0 Å². The summed E-state index contributed by atoms with van der Waals surface area (Å²) >= 11 is 1.18. The van der Waals surface area contributed by atoms with Crippen LogP contribution in [0.25, 0.3) is 21.0 Å². The summed E-state index contributed by atoms with van der Waals surface area (Å²) < 4.78 is 13.4. The average Bonchev–Trinajstić information content (AvgIpc) is 3.45. The largest absolute Gasteiger partial charge is 0.506 e. The molecule has 0 bridgehead atoms. The summed E-state index contributed by atoms with van der Waals surface area (Å²) in [4.78, 5) is 73.5. The van der Waals surface area contributed by atoms with Crippen molar-refractivity contribution < 1.29 is 43.7 Å². The minimum atomic E-state index is -3.07. The van der Waals surface area contributed by atoms with Crippen LogP contribution in [0, 0.1) is 29.5 Å². The number of rotatable bonds is 4. The molecule has 44 heavy (non-hydrogen) atoms. The maximum atomic E-state index is 14.1. The minimum absolute atomic E-state index is 0.183. The quantitative estimate of drug-likeness (QED) is 0.310. The number of Topliss-reactive ketones (excluding diaryl/α,β-unsaturated/α-hetero) is 4. The summed E-state index contributed by atoms with van der Waals surface area (Å²) in [5.74, 6) is -14.3. The number of aromatic nitrogens is 1. The lowest BCUT2D eigenvalue weighted by molar-refractivity contribution is -0.196. The molecule has 11 nitrogen and oxygen atoms in total. The Balaban J connectivity index is 1.46. The van der Waals surface area contributed by atoms with Gasteiger partial charge >= 0.3 is 0 Å². The molecule has 3 aliphatic carbocycles. The third-order valence-electron chi connectivity index (χ3n) is 9.35. The third-order valence-corrected chi connectivity index (χ3v) is 10.4. The molecule has 6 rings (SSSR count). The maximum Gasteiger partial charge on any atom is 0.235 e. The fourth-order valence-corrected chi connectivity index (χ4v) is 8.26. The van der Waals surface area contributed by atoms with Gasteiger partial charge in [-0.1, -0.05) is 25.1 Å². The number of carbonyl (C=O) groups excluding carboxylic acids is 5. The number of benzene rings is 2. The number of fused-ring (bicyclic) bond motifs is 3. The highest BCUT2D eigenvalue weighted by Crippen LogP contribution is 2.55. The molecule has 1 aromatic heterocycles. The molecule has 0 spiro atoms. The van der Waals surface area contributed by atoms with E-state index in [1.807, 2.05) is 0 Å². The summed E-state index contributed by atoms with van der Waals surface area (Å²) in [6.45, 7) is 1.64. The van der Waals surface area contributed by atoms with E-state index >= 15 is 0 Å². The second-order valence-corrected chi connectivity index (χ2v) is 12.9. The standard InChI is InChI=1S/C31H28FN3O8S/c1-11-14-8-9-15(30-34-10-16(44-30)12-4-6-13(32)7-5-12)23(36)18(14)24(37)19-17(11)25(38)21-22(35(2)3)26(39)20(29(33)42)28(41)31(21,43)27(19)40/h4-11,17,19-22,25,36,38,43H,1-3H3,(H2,33,42). The fraction of sp³-hybridized carbons (Fsp3) is 0.355. The van der Waals surface area contributed by atoms with Crippen LogP contribution in [0.1, 0.15) is 28.8 Å². The first-order valence-corrected chi connectivity index (χ1v) is 14.6.